The number of hydrogen-bond donors (Lipinski definition) is 2. The molecule has 130 valence electrons. The van der Waals surface area contributed by atoms with Crippen LogP contribution in [0, 0.1) is 0 Å². The third-order valence-corrected chi connectivity index (χ3v) is 3.91. The zero-order chi connectivity index (χ0) is 18.4. The predicted octanol–water partition coefficient (Wildman–Crippen LogP) is 4.74. The van der Waals surface area contributed by atoms with E-state index in [9.17, 15) is 9.90 Å². The Morgan fingerprint density at radius 3 is 2.19 bits per heavy atom. The highest BCUT2D eigenvalue weighted by molar-refractivity contribution is 6.09. The molecule has 0 heterocycles. The van der Waals surface area contributed by atoms with Gasteiger partial charge in [-0.15, -0.1) is 0 Å². The first-order valence-corrected chi connectivity index (χ1v) is 8.18. The third-order valence-electron chi connectivity index (χ3n) is 3.91. The number of rotatable bonds is 6. The van der Waals surface area contributed by atoms with Crippen LogP contribution in [0.15, 0.2) is 84.9 Å². The Kier molecular flexibility index (Phi) is 5.34. The number of carbonyl (C=O) groups is 1. The Balaban J connectivity index is 1.99. The van der Waals surface area contributed by atoms with Crippen molar-refractivity contribution in [1.82, 2.24) is 0 Å². The number of methoxy groups -OCH3 is 1. The Morgan fingerprint density at radius 1 is 0.885 bits per heavy atom. The summed E-state index contributed by atoms with van der Waals surface area (Å²) in [7, 11) is 1.60. The van der Waals surface area contributed by atoms with Crippen LogP contribution < -0.4 is 10.1 Å². The second-order valence-corrected chi connectivity index (χ2v) is 5.66. The van der Waals surface area contributed by atoms with E-state index in [1.165, 1.54) is 6.08 Å². The summed E-state index contributed by atoms with van der Waals surface area (Å²) in [5, 5.41) is 13.2. The van der Waals surface area contributed by atoms with Crippen molar-refractivity contribution in [2.24, 2.45) is 0 Å². The lowest BCUT2D eigenvalue weighted by Crippen LogP contribution is -2.04. The van der Waals surface area contributed by atoms with Crippen molar-refractivity contribution in [2.75, 3.05) is 12.4 Å². The maximum absolute atomic E-state index is 12.6. The fraction of sp³-hybridized carbons (Fsp3) is 0.0455. The van der Waals surface area contributed by atoms with Crippen LogP contribution in [-0.4, -0.2) is 18.0 Å². The van der Waals surface area contributed by atoms with Gasteiger partial charge in [0.05, 0.1) is 12.8 Å². The Morgan fingerprint density at radius 2 is 1.54 bits per heavy atom. The summed E-state index contributed by atoms with van der Waals surface area (Å²) in [6, 6.07) is 23.3. The zero-order valence-electron chi connectivity index (χ0n) is 14.3. The first-order chi connectivity index (χ1) is 12.7. The number of phenolic OH excluding ortho intramolecular Hbond substituents is 1. The van der Waals surface area contributed by atoms with Gasteiger partial charge in [-0.3, -0.25) is 4.79 Å². The second-order valence-electron chi connectivity index (χ2n) is 5.66. The summed E-state index contributed by atoms with van der Waals surface area (Å²) in [5.74, 6) is 0.712. The van der Waals surface area contributed by atoms with Crippen LogP contribution >= 0.6 is 0 Å². The first-order valence-electron chi connectivity index (χ1n) is 8.18. The highest BCUT2D eigenvalue weighted by Crippen LogP contribution is 2.27. The molecule has 0 radical (unpaired) electrons. The molecule has 0 bridgehead atoms. The molecule has 0 spiro atoms. The van der Waals surface area contributed by atoms with Crippen LogP contribution in [0.1, 0.15) is 15.9 Å². The maximum atomic E-state index is 12.6. The van der Waals surface area contributed by atoms with Crippen molar-refractivity contribution in [2.45, 2.75) is 0 Å². The van der Waals surface area contributed by atoms with Crippen molar-refractivity contribution in [1.29, 1.82) is 0 Å². The van der Waals surface area contributed by atoms with E-state index in [-0.39, 0.29) is 11.5 Å². The highest BCUT2D eigenvalue weighted by atomic mass is 16.5. The van der Waals surface area contributed by atoms with Crippen LogP contribution in [0.5, 0.6) is 11.5 Å². The number of phenols is 1. The van der Waals surface area contributed by atoms with Crippen LogP contribution in [-0.2, 0) is 0 Å². The summed E-state index contributed by atoms with van der Waals surface area (Å²) >= 11 is 0. The number of aromatic hydroxyl groups is 1. The predicted molar refractivity (Wildman–Crippen MR) is 103 cm³/mol. The normalized spacial score (nSPS) is 11.0. The number of nitrogens with one attached hydrogen (secondary N) is 1. The minimum Gasteiger partial charge on any atom is -0.506 e. The average molecular weight is 345 g/mol. The number of carbonyl (C=O) groups excluding carboxylic acids is 1. The van der Waals surface area contributed by atoms with Gasteiger partial charge in [0.25, 0.3) is 0 Å². The van der Waals surface area contributed by atoms with E-state index in [0.29, 0.717) is 16.9 Å². The Hall–Kier alpha value is -3.53. The summed E-state index contributed by atoms with van der Waals surface area (Å²) in [4.78, 5) is 12.6. The third kappa shape index (κ3) is 4.11. The van der Waals surface area contributed by atoms with Crippen LogP contribution in [0.3, 0.4) is 0 Å². The molecule has 3 rings (SSSR count). The minimum absolute atomic E-state index is 0.110. The lowest BCUT2D eigenvalue weighted by Gasteiger charge is -2.13. The zero-order valence-corrected chi connectivity index (χ0v) is 14.3. The largest absolute Gasteiger partial charge is 0.506 e. The second kappa shape index (κ2) is 8.03. The molecule has 0 saturated carbocycles. The quantitative estimate of drug-likeness (QED) is 0.385. The average Bonchev–Trinajstić information content (AvgIpc) is 2.70. The van der Waals surface area contributed by atoms with E-state index in [0.717, 1.165) is 11.3 Å². The van der Waals surface area contributed by atoms with Gasteiger partial charge in [0.2, 0.25) is 0 Å². The molecule has 0 aromatic heterocycles. The number of allylic oxidation sites excluding steroid dienone is 1. The molecule has 3 aromatic rings. The van der Waals surface area contributed by atoms with Gasteiger partial charge in [0, 0.05) is 17.3 Å². The lowest BCUT2D eigenvalue weighted by atomic mass is 10.1. The molecule has 0 fully saturated rings. The monoisotopic (exact) mass is 345 g/mol. The van der Waals surface area contributed by atoms with E-state index in [2.05, 4.69) is 5.32 Å². The number of ether oxygens (including phenoxy) is 1. The number of hydrogen-bond acceptors (Lipinski definition) is 4. The molecule has 4 heteroatoms. The summed E-state index contributed by atoms with van der Waals surface area (Å²) in [6.45, 7) is 0. The first kappa shape index (κ1) is 17.3. The van der Waals surface area contributed by atoms with Crippen molar-refractivity contribution in [3.05, 3.63) is 96.1 Å². The molecule has 0 aliphatic carbocycles. The molecule has 3 aromatic carbocycles. The van der Waals surface area contributed by atoms with Gasteiger partial charge in [-0.25, -0.2) is 0 Å². The fourth-order valence-corrected chi connectivity index (χ4v) is 2.50. The molecule has 0 atom stereocenters. The molecule has 0 amide bonds. The van der Waals surface area contributed by atoms with Crippen LogP contribution in [0.4, 0.5) is 5.69 Å². The van der Waals surface area contributed by atoms with Crippen LogP contribution in [0.25, 0.3) is 5.70 Å². The molecule has 0 aliphatic rings. The molecular weight excluding hydrogens is 326 g/mol. The van der Waals surface area contributed by atoms with Gasteiger partial charge in [0.1, 0.15) is 11.5 Å². The van der Waals surface area contributed by atoms with Gasteiger partial charge in [-0.2, -0.15) is 0 Å². The topological polar surface area (TPSA) is 58.6 Å². The van der Waals surface area contributed by atoms with Gasteiger partial charge in [-0.1, -0.05) is 42.5 Å². The van der Waals surface area contributed by atoms with E-state index < -0.39 is 0 Å². The summed E-state index contributed by atoms with van der Waals surface area (Å²) in [5.41, 5.74) is 2.51. The number of para-hydroxylation sites is 2. The number of ketones is 1. The molecule has 2 N–H and O–H groups in total. The fourth-order valence-electron chi connectivity index (χ4n) is 2.50. The Bertz CT molecular complexity index is 916. The van der Waals surface area contributed by atoms with Gasteiger partial charge >= 0.3 is 0 Å². The van der Waals surface area contributed by atoms with Crippen molar-refractivity contribution >= 4 is 17.2 Å². The van der Waals surface area contributed by atoms with E-state index in [1.807, 2.05) is 48.5 Å². The minimum atomic E-state index is -0.126. The van der Waals surface area contributed by atoms with Crippen molar-refractivity contribution in [3.8, 4) is 11.5 Å². The SMILES string of the molecule is COc1ccc(/C(=C/C(=O)c2ccccc2)Nc2ccccc2O)cc1. The molecule has 4 nitrogen and oxygen atoms in total. The maximum Gasteiger partial charge on any atom is 0.187 e. The lowest BCUT2D eigenvalue weighted by molar-refractivity contribution is 0.104. The number of anilines is 1. The van der Waals surface area contributed by atoms with Crippen molar-refractivity contribution in [3.63, 3.8) is 0 Å². The van der Waals surface area contributed by atoms with E-state index >= 15 is 0 Å². The summed E-state index contributed by atoms with van der Waals surface area (Å²) in [6.07, 6.45) is 1.53. The number of benzene rings is 3. The van der Waals surface area contributed by atoms with Gasteiger partial charge < -0.3 is 15.2 Å². The summed E-state index contributed by atoms with van der Waals surface area (Å²) < 4.78 is 5.19. The molecular formula is C22H19NO3. The van der Waals surface area contributed by atoms with Crippen LogP contribution in [0.2, 0.25) is 0 Å². The molecule has 0 aliphatic heterocycles. The highest BCUT2D eigenvalue weighted by Gasteiger charge is 2.10. The van der Waals surface area contributed by atoms with Gasteiger partial charge in [0.15, 0.2) is 5.78 Å². The van der Waals surface area contributed by atoms with Crippen molar-refractivity contribution < 1.29 is 14.6 Å². The molecule has 26 heavy (non-hydrogen) atoms. The van der Waals surface area contributed by atoms with E-state index in [1.54, 1.807) is 37.4 Å². The molecule has 0 saturated heterocycles. The van der Waals surface area contributed by atoms with E-state index in [4.69, 9.17) is 4.74 Å². The van der Waals surface area contributed by atoms with Gasteiger partial charge in [-0.05, 0) is 42.0 Å². The molecule has 0 unspecified atom stereocenters. The Labute approximate surface area is 152 Å². The standard InChI is InChI=1S/C22H19NO3/c1-26-18-13-11-16(12-14-18)20(23-19-9-5-6-10-21(19)24)15-22(25)17-7-3-2-4-8-17/h2-15,23-24H,1H3/b20-15-. The smallest absolute Gasteiger partial charge is 0.187 e.